The minimum Gasteiger partial charge on any atom is -0.480 e. The Hall–Kier alpha value is -1.52. The van der Waals surface area contributed by atoms with Crippen molar-refractivity contribution in [2.45, 2.75) is 13.8 Å². The van der Waals surface area contributed by atoms with E-state index in [1.807, 2.05) is 13.8 Å². The number of ether oxygens (including phenoxy) is 1. The predicted octanol–water partition coefficient (Wildman–Crippen LogP) is 0.571. The molecule has 0 saturated carbocycles. The molecule has 0 bridgehead atoms. The van der Waals surface area contributed by atoms with Gasteiger partial charge in [0.05, 0.1) is 12.4 Å². The summed E-state index contributed by atoms with van der Waals surface area (Å²) in [5.41, 5.74) is 0. The van der Waals surface area contributed by atoms with E-state index in [2.05, 4.69) is 10.4 Å². The number of hydrogen-bond acceptors (Lipinski definition) is 3. The number of nitrogens with one attached hydrogen (secondary N) is 1. The molecule has 0 atom stereocenters. The maximum atomic E-state index is 11.3. The van der Waals surface area contributed by atoms with Crippen molar-refractivity contribution < 1.29 is 9.53 Å². The zero-order valence-corrected chi connectivity index (χ0v) is 9.36. The van der Waals surface area contributed by atoms with E-state index in [1.54, 1.807) is 24.1 Å². The average Bonchev–Trinajstić information content (AvgIpc) is 2.58. The van der Waals surface area contributed by atoms with E-state index in [0.717, 1.165) is 0 Å². The Kier molecular flexibility index (Phi) is 4.15. The van der Waals surface area contributed by atoms with Crippen molar-refractivity contribution in [2.75, 3.05) is 13.2 Å². The van der Waals surface area contributed by atoms with Gasteiger partial charge in [-0.05, 0) is 5.92 Å². The van der Waals surface area contributed by atoms with Crippen LogP contribution in [0.3, 0.4) is 0 Å². The third-order valence-electron chi connectivity index (χ3n) is 1.76. The lowest BCUT2D eigenvalue weighted by Crippen LogP contribution is -2.31. The molecule has 0 spiro atoms. The van der Waals surface area contributed by atoms with E-state index in [0.29, 0.717) is 18.2 Å². The second-order valence-electron chi connectivity index (χ2n) is 3.84. The van der Waals surface area contributed by atoms with Gasteiger partial charge in [0.15, 0.2) is 12.4 Å². The molecule has 0 fully saturated rings. The molecule has 1 N–H and O–H groups in total. The summed E-state index contributed by atoms with van der Waals surface area (Å²) < 4.78 is 6.85. The highest BCUT2D eigenvalue weighted by Crippen LogP contribution is 2.05. The summed E-state index contributed by atoms with van der Waals surface area (Å²) in [6.07, 6.45) is 3.30. The van der Waals surface area contributed by atoms with Crippen LogP contribution in [0.25, 0.3) is 0 Å². The first-order valence-corrected chi connectivity index (χ1v) is 4.96. The zero-order valence-electron chi connectivity index (χ0n) is 9.36. The van der Waals surface area contributed by atoms with Crippen molar-refractivity contribution in [3.63, 3.8) is 0 Å². The normalized spacial score (nSPS) is 10.4. The van der Waals surface area contributed by atoms with E-state index in [1.165, 1.54) is 0 Å². The standard InChI is InChI=1S/C10H17N3O2/c1-8(2)4-11-10(14)7-15-9-5-12-13(3)6-9/h5-6,8H,4,7H2,1-3H3,(H,11,14). The van der Waals surface area contributed by atoms with Crippen LogP contribution in [-0.4, -0.2) is 28.8 Å². The lowest BCUT2D eigenvalue weighted by Gasteiger charge is -2.07. The van der Waals surface area contributed by atoms with Crippen molar-refractivity contribution in [1.29, 1.82) is 0 Å². The topological polar surface area (TPSA) is 56.1 Å². The highest BCUT2D eigenvalue weighted by molar-refractivity contribution is 5.77. The van der Waals surface area contributed by atoms with Gasteiger partial charge in [0.1, 0.15) is 0 Å². The van der Waals surface area contributed by atoms with E-state index in [9.17, 15) is 4.79 Å². The lowest BCUT2D eigenvalue weighted by molar-refractivity contribution is -0.123. The van der Waals surface area contributed by atoms with Gasteiger partial charge in [-0.25, -0.2) is 0 Å². The third-order valence-corrected chi connectivity index (χ3v) is 1.76. The maximum Gasteiger partial charge on any atom is 0.257 e. The summed E-state index contributed by atoms with van der Waals surface area (Å²) in [7, 11) is 1.80. The Morgan fingerprint density at radius 1 is 1.67 bits per heavy atom. The minimum atomic E-state index is -0.104. The van der Waals surface area contributed by atoms with Crippen LogP contribution in [0, 0.1) is 5.92 Å². The molecule has 1 amide bonds. The number of aryl methyl sites for hydroxylation is 1. The molecule has 0 saturated heterocycles. The molecule has 1 aromatic heterocycles. The fraction of sp³-hybridized carbons (Fsp3) is 0.600. The SMILES string of the molecule is CC(C)CNC(=O)COc1cnn(C)c1. The summed E-state index contributed by atoms with van der Waals surface area (Å²) in [5.74, 6) is 0.956. The first kappa shape index (κ1) is 11.6. The Labute approximate surface area is 89.4 Å². The van der Waals surface area contributed by atoms with Crippen LogP contribution in [0.5, 0.6) is 5.75 Å². The van der Waals surface area contributed by atoms with Crippen LogP contribution in [0.1, 0.15) is 13.8 Å². The summed E-state index contributed by atoms with van der Waals surface area (Å²) >= 11 is 0. The Bertz CT molecular complexity index is 320. The Morgan fingerprint density at radius 3 is 2.93 bits per heavy atom. The molecule has 0 unspecified atom stereocenters. The number of aromatic nitrogens is 2. The number of rotatable bonds is 5. The second-order valence-corrected chi connectivity index (χ2v) is 3.84. The molecule has 0 aliphatic rings. The number of amides is 1. The first-order valence-electron chi connectivity index (χ1n) is 4.96. The first-order chi connectivity index (χ1) is 7.08. The van der Waals surface area contributed by atoms with E-state index >= 15 is 0 Å². The van der Waals surface area contributed by atoms with Gasteiger partial charge in [-0.2, -0.15) is 5.10 Å². The fourth-order valence-electron chi connectivity index (χ4n) is 0.991. The number of carbonyl (C=O) groups excluding carboxylic acids is 1. The second kappa shape index (κ2) is 5.38. The Morgan fingerprint density at radius 2 is 2.40 bits per heavy atom. The summed E-state index contributed by atoms with van der Waals surface area (Å²) in [4.78, 5) is 11.3. The summed E-state index contributed by atoms with van der Waals surface area (Å²) in [5, 5.41) is 6.70. The summed E-state index contributed by atoms with van der Waals surface area (Å²) in [6.45, 7) is 4.80. The lowest BCUT2D eigenvalue weighted by atomic mass is 10.2. The van der Waals surface area contributed by atoms with Crippen LogP contribution in [0.4, 0.5) is 0 Å². The molecule has 0 radical (unpaired) electrons. The fourth-order valence-corrected chi connectivity index (χ4v) is 0.991. The number of hydrogen-bond donors (Lipinski definition) is 1. The van der Waals surface area contributed by atoms with Gasteiger partial charge in [0, 0.05) is 13.6 Å². The van der Waals surface area contributed by atoms with Crippen LogP contribution in [-0.2, 0) is 11.8 Å². The van der Waals surface area contributed by atoms with Gasteiger partial charge in [-0.1, -0.05) is 13.8 Å². The molecule has 1 rings (SSSR count). The molecule has 1 aromatic rings. The van der Waals surface area contributed by atoms with Crippen molar-refractivity contribution in [2.24, 2.45) is 13.0 Å². The van der Waals surface area contributed by atoms with E-state index in [-0.39, 0.29) is 12.5 Å². The van der Waals surface area contributed by atoms with E-state index < -0.39 is 0 Å². The molecule has 0 aromatic carbocycles. The Balaban J connectivity index is 2.22. The molecular formula is C10H17N3O2. The van der Waals surface area contributed by atoms with Crippen molar-refractivity contribution in [3.8, 4) is 5.75 Å². The molecule has 5 nitrogen and oxygen atoms in total. The molecule has 0 aliphatic heterocycles. The van der Waals surface area contributed by atoms with Crippen molar-refractivity contribution in [3.05, 3.63) is 12.4 Å². The highest BCUT2D eigenvalue weighted by Gasteiger charge is 2.04. The number of carbonyl (C=O) groups is 1. The molecule has 84 valence electrons. The van der Waals surface area contributed by atoms with Crippen LogP contribution in [0.2, 0.25) is 0 Å². The van der Waals surface area contributed by atoms with Crippen LogP contribution < -0.4 is 10.1 Å². The molecule has 15 heavy (non-hydrogen) atoms. The molecule has 5 heteroatoms. The number of nitrogens with zero attached hydrogens (tertiary/aromatic N) is 2. The van der Waals surface area contributed by atoms with Crippen LogP contribution >= 0.6 is 0 Å². The van der Waals surface area contributed by atoms with Gasteiger partial charge in [-0.15, -0.1) is 0 Å². The van der Waals surface area contributed by atoms with Gasteiger partial charge < -0.3 is 10.1 Å². The quantitative estimate of drug-likeness (QED) is 0.774. The smallest absolute Gasteiger partial charge is 0.257 e. The third kappa shape index (κ3) is 4.49. The molecular weight excluding hydrogens is 194 g/mol. The van der Waals surface area contributed by atoms with Gasteiger partial charge >= 0.3 is 0 Å². The van der Waals surface area contributed by atoms with Gasteiger partial charge in [0.25, 0.3) is 5.91 Å². The minimum absolute atomic E-state index is 0.0401. The van der Waals surface area contributed by atoms with Gasteiger partial charge in [0.2, 0.25) is 0 Å². The van der Waals surface area contributed by atoms with Crippen LogP contribution in [0.15, 0.2) is 12.4 Å². The van der Waals surface area contributed by atoms with Crippen molar-refractivity contribution >= 4 is 5.91 Å². The van der Waals surface area contributed by atoms with E-state index in [4.69, 9.17) is 4.74 Å². The largest absolute Gasteiger partial charge is 0.480 e. The molecule has 1 heterocycles. The maximum absolute atomic E-state index is 11.3. The molecule has 0 aliphatic carbocycles. The highest BCUT2D eigenvalue weighted by atomic mass is 16.5. The van der Waals surface area contributed by atoms with Crippen molar-refractivity contribution in [1.82, 2.24) is 15.1 Å². The monoisotopic (exact) mass is 211 g/mol. The predicted molar refractivity (Wildman–Crippen MR) is 56.6 cm³/mol. The average molecular weight is 211 g/mol. The zero-order chi connectivity index (χ0) is 11.3. The summed E-state index contributed by atoms with van der Waals surface area (Å²) in [6, 6.07) is 0. The van der Waals surface area contributed by atoms with Gasteiger partial charge in [-0.3, -0.25) is 9.48 Å².